The number of carbonyl (C=O) groups excluding carboxylic acids is 3. The molecule has 7 nitrogen and oxygen atoms in total. The van der Waals surface area contributed by atoms with Crippen molar-refractivity contribution >= 4 is 17.8 Å². The number of rotatable bonds is 3. The van der Waals surface area contributed by atoms with E-state index in [1.165, 1.54) is 0 Å². The zero-order valence-electron chi connectivity index (χ0n) is 15.5. The third-order valence-corrected chi connectivity index (χ3v) is 5.59. The minimum Gasteiger partial charge on any atom is -0.351 e. The molecule has 1 aliphatic carbocycles. The Bertz CT molecular complexity index is 571. The summed E-state index contributed by atoms with van der Waals surface area (Å²) in [6.45, 7) is 7.90. The van der Waals surface area contributed by atoms with Gasteiger partial charge in [-0.15, -0.1) is 0 Å². The van der Waals surface area contributed by atoms with Gasteiger partial charge in [0.15, 0.2) is 0 Å². The van der Waals surface area contributed by atoms with Crippen molar-refractivity contribution in [1.29, 1.82) is 0 Å². The molecule has 1 spiro atoms. The molecule has 140 valence electrons. The number of nitrogens with zero attached hydrogens (tertiary/aromatic N) is 1. The first kappa shape index (κ1) is 18.2. The van der Waals surface area contributed by atoms with Crippen molar-refractivity contribution in [3.63, 3.8) is 0 Å². The van der Waals surface area contributed by atoms with Crippen molar-refractivity contribution < 1.29 is 14.4 Å². The molecule has 0 bridgehead atoms. The topological polar surface area (TPSA) is 90.5 Å². The average molecular weight is 350 g/mol. The fourth-order valence-electron chi connectivity index (χ4n) is 5.04. The van der Waals surface area contributed by atoms with Crippen molar-refractivity contribution in [3.05, 3.63) is 0 Å². The molecule has 2 saturated heterocycles. The first-order valence-electron chi connectivity index (χ1n) is 9.35. The molecule has 2 heterocycles. The van der Waals surface area contributed by atoms with Crippen molar-refractivity contribution in [2.75, 3.05) is 19.6 Å². The van der Waals surface area contributed by atoms with Gasteiger partial charge in [-0.3, -0.25) is 14.5 Å². The van der Waals surface area contributed by atoms with Gasteiger partial charge in [-0.25, -0.2) is 4.79 Å². The Morgan fingerprint density at radius 2 is 2.08 bits per heavy atom. The summed E-state index contributed by atoms with van der Waals surface area (Å²) in [5.74, 6) is -0.151. The lowest BCUT2D eigenvalue weighted by Gasteiger charge is -2.43. The maximum atomic E-state index is 13.0. The second kappa shape index (κ2) is 6.59. The number of hydrogen-bond acceptors (Lipinski definition) is 4. The van der Waals surface area contributed by atoms with Gasteiger partial charge in [0.25, 0.3) is 5.91 Å². The van der Waals surface area contributed by atoms with E-state index in [1.54, 1.807) is 0 Å². The Morgan fingerprint density at radius 1 is 1.32 bits per heavy atom. The molecule has 3 N–H and O–H groups in total. The Morgan fingerprint density at radius 3 is 2.72 bits per heavy atom. The molecule has 1 saturated carbocycles. The maximum Gasteiger partial charge on any atom is 0.325 e. The summed E-state index contributed by atoms with van der Waals surface area (Å²) in [7, 11) is 0. The highest BCUT2D eigenvalue weighted by atomic mass is 16.2. The number of imide groups is 1. The SMILES string of the molecule is CC1CC(C)(C)CC2(C1)NC(=O)N(CC(=O)NC1CCCNC1)C2=O. The van der Waals surface area contributed by atoms with E-state index in [1.807, 2.05) is 0 Å². The Labute approximate surface area is 149 Å². The normalized spacial score (nSPS) is 34.9. The van der Waals surface area contributed by atoms with Crippen molar-refractivity contribution in [2.24, 2.45) is 11.3 Å². The van der Waals surface area contributed by atoms with E-state index >= 15 is 0 Å². The zero-order valence-corrected chi connectivity index (χ0v) is 15.5. The van der Waals surface area contributed by atoms with Crippen LogP contribution in [0.25, 0.3) is 0 Å². The summed E-state index contributed by atoms with van der Waals surface area (Å²) in [6, 6.07) is -0.364. The number of carbonyl (C=O) groups is 3. The van der Waals surface area contributed by atoms with Crippen LogP contribution in [0.5, 0.6) is 0 Å². The molecular formula is C18H30N4O3. The largest absolute Gasteiger partial charge is 0.351 e. The molecule has 3 unspecified atom stereocenters. The lowest BCUT2D eigenvalue weighted by Crippen LogP contribution is -2.54. The van der Waals surface area contributed by atoms with Crippen LogP contribution in [0, 0.1) is 11.3 Å². The highest BCUT2D eigenvalue weighted by Crippen LogP contribution is 2.46. The highest BCUT2D eigenvalue weighted by molar-refractivity contribution is 6.09. The maximum absolute atomic E-state index is 13.0. The van der Waals surface area contributed by atoms with Crippen LogP contribution in [0.4, 0.5) is 4.79 Å². The van der Waals surface area contributed by atoms with Crippen LogP contribution in [0.1, 0.15) is 52.9 Å². The molecule has 0 aromatic rings. The predicted octanol–water partition coefficient (Wildman–Crippen LogP) is 0.991. The smallest absolute Gasteiger partial charge is 0.325 e. The lowest BCUT2D eigenvalue weighted by molar-refractivity contribution is -0.137. The van der Waals surface area contributed by atoms with E-state index in [2.05, 4.69) is 36.7 Å². The zero-order chi connectivity index (χ0) is 18.2. The van der Waals surface area contributed by atoms with Gasteiger partial charge in [0, 0.05) is 12.6 Å². The molecule has 3 aliphatic rings. The van der Waals surface area contributed by atoms with Crippen LogP contribution in [0.2, 0.25) is 0 Å². The molecule has 0 radical (unpaired) electrons. The third kappa shape index (κ3) is 3.81. The molecule has 0 aromatic carbocycles. The molecule has 7 heteroatoms. The van der Waals surface area contributed by atoms with Gasteiger partial charge in [0.2, 0.25) is 5.91 Å². The van der Waals surface area contributed by atoms with Gasteiger partial charge in [-0.1, -0.05) is 20.8 Å². The summed E-state index contributed by atoms with van der Waals surface area (Å²) >= 11 is 0. The van der Waals surface area contributed by atoms with Gasteiger partial charge in [-0.05, 0) is 50.0 Å². The van der Waals surface area contributed by atoms with Crippen LogP contribution in [0.3, 0.4) is 0 Å². The fourth-order valence-corrected chi connectivity index (χ4v) is 5.04. The fraction of sp³-hybridized carbons (Fsp3) is 0.833. The van der Waals surface area contributed by atoms with Crippen molar-refractivity contribution in [2.45, 2.75) is 64.5 Å². The van der Waals surface area contributed by atoms with Crippen LogP contribution >= 0.6 is 0 Å². The van der Waals surface area contributed by atoms with Crippen LogP contribution in [-0.4, -0.2) is 54.0 Å². The highest BCUT2D eigenvalue weighted by Gasteiger charge is 2.56. The van der Waals surface area contributed by atoms with E-state index in [4.69, 9.17) is 0 Å². The third-order valence-electron chi connectivity index (χ3n) is 5.59. The van der Waals surface area contributed by atoms with E-state index in [0.717, 1.165) is 37.3 Å². The minimum absolute atomic E-state index is 0.00730. The van der Waals surface area contributed by atoms with Crippen LogP contribution in [-0.2, 0) is 9.59 Å². The van der Waals surface area contributed by atoms with E-state index < -0.39 is 11.6 Å². The predicted molar refractivity (Wildman–Crippen MR) is 93.8 cm³/mol. The number of hydrogen-bond donors (Lipinski definition) is 3. The monoisotopic (exact) mass is 350 g/mol. The van der Waals surface area contributed by atoms with Crippen LogP contribution < -0.4 is 16.0 Å². The molecule has 4 amide bonds. The van der Waals surface area contributed by atoms with Gasteiger partial charge in [0.1, 0.15) is 12.1 Å². The van der Waals surface area contributed by atoms with Gasteiger partial charge < -0.3 is 16.0 Å². The number of urea groups is 1. The quantitative estimate of drug-likeness (QED) is 0.662. The summed E-state index contributed by atoms with van der Waals surface area (Å²) in [6.07, 6.45) is 4.25. The second-order valence-electron chi connectivity index (χ2n) is 8.87. The number of nitrogens with one attached hydrogen (secondary N) is 3. The number of piperidine rings is 1. The molecule has 3 rings (SSSR count). The second-order valence-corrected chi connectivity index (χ2v) is 8.87. The first-order chi connectivity index (χ1) is 11.7. The Hall–Kier alpha value is -1.63. The Kier molecular flexibility index (Phi) is 4.79. The Balaban J connectivity index is 1.66. The van der Waals surface area contributed by atoms with Gasteiger partial charge in [0.05, 0.1) is 0 Å². The van der Waals surface area contributed by atoms with E-state index in [9.17, 15) is 14.4 Å². The lowest BCUT2D eigenvalue weighted by atomic mass is 9.64. The van der Waals surface area contributed by atoms with E-state index in [-0.39, 0.29) is 29.8 Å². The molecule has 2 aliphatic heterocycles. The van der Waals surface area contributed by atoms with Crippen LogP contribution in [0.15, 0.2) is 0 Å². The average Bonchev–Trinajstić information content (AvgIpc) is 2.70. The first-order valence-corrected chi connectivity index (χ1v) is 9.35. The molecular weight excluding hydrogens is 320 g/mol. The summed E-state index contributed by atoms with van der Waals surface area (Å²) in [5, 5.41) is 9.07. The van der Waals surface area contributed by atoms with Gasteiger partial charge >= 0.3 is 6.03 Å². The van der Waals surface area contributed by atoms with E-state index in [0.29, 0.717) is 18.8 Å². The molecule has 25 heavy (non-hydrogen) atoms. The van der Waals surface area contributed by atoms with Crippen molar-refractivity contribution in [3.8, 4) is 0 Å². The molecule has 0 aromatic heterocycles. The minimum atomic E-state index is -0.842. The number of amides is 4. The summed E-state index contributed by atoms with van der Waals surface area (Å²) in [5.41, 5.74) is -0.850. The van der Waals surface area contributed by atoms with Crippen molar-refractivity contribution in [1.82, 2.24) is 20.9 Å². The molecule has 3 fully saturated rings. The standard InChI is InChI=1S/C18H30N4O3/c1-12-7-17(2,3)11-18(8-12)15(24)22(16(25)21-18)10-14(23)20-13-5-4-6-19-9-13/h12-13,19H,4-11H2,1-3H3,(H,20,23)(H,21,25). The molecule has 3 atom stereocenters. The summed E-state index contributed by atoms with van der Waals surface area (Å²) < 4.78 is 0. The summed E-state index contributed by atoms with van der Waals surface area (Å²) in [4.78, 5) is 38.8. The van der Waals surface area contributed by atoms with Gasteiger partial charge in [-0.2, -0.15) is 0 Å².